The van der Waals surface area contributed by atoms with Gasteiger partial charge in [0.1, 0.15) is 16.6 Å². The number of carbonyl (C=O) groups is 2. The molecule has 1 aliphatic carbocycles. The van der Waals surface area contributed by atoms with E-state index in [1.165, 1.54) is 29.5 Å². The third-order valence-corrected chi connectivity index (χ3v) is 9.02. The minimum Gasteiger partial charge on any atom is -0.390 e. The van der Waals surface area contributed by atoms with Gasteiger partial charge in [-0.2, -0.15) is 0 Å². The predicted molar refractivity (Wildman–Crippen MR) is 172 cm³/mol. The van der Waals surface area contributed by atoms with Gasteiger partial charge >= 0.3 is 0 Å². The van der Waals surface area contributed by atoms with Gasteiger partial charge in [-0.1, -0.05) is 43.7 Å². The zero-order chi connectivity index (χ0) is 32.0. The van der Waals surface area contributed by atoms with E-state index in [2.05, 4.69) is 22.5 Å². The zero-order valence-corrected chi connectivity index (χ0v) is 26.2. The summed E-state index contributed by atoms with van der Waals surface area (Å²) in [6.07, 6.45) is 4.14. The summed E-state index contributed by atoms with van der Waals surface area (Å²) in [5, 5.41) is 20.2. The van der Waals surface area contributed by atoms with Gasteiger partial charge in [0.05, 0.1) is 12.1 Å². The number of aliphatic hydroxyl groups excluding tert-OH is 1. The van der Waals surface area contributed by atoms with Crippen LogP contribution >= 0.6 is 11.3 Å². The average Bonchev–Trinajstić information content (AvgIpc) is 3.63. The Labute approximate surface area is 266 Å². The van der Waals surface area contributed by atoms with Crippen LogP contribution in [0, 0.1) is 11.6 Å². The molecule has 2 amide bonds. The van der Waals surface area contributed by atoms with Gasteiger partial charge in [0.15, 0.2) is 0 Å². The highest BCUT2D eigenvalue weighted by molar-refractivity contribution is 7.13. The van der Waals surface area contributed by atoms with Crippen molar-refractivity contribution in [2.75, 3.05) is 20.1 Å². The number of nitrogens with one attached hydrogen (secondary N) is 2. The van der Waals surface area contributed by atoms with Crippen LogP contribution < -0.4 is 10.6 Å². The van der Waals surface area contributed by atoms with Crippen molar-refractivity contribution in [2.24, 2.45) is 0 Å². The van der Waals surface area contributed by atoms with Gasteiger partial charge in [0, 0.05) is 60.0 Å². The van der Waals surface area contributed by atoms with E-state index in [9.17, 15) is 23.5 Å². The second-order valence-electron chi connectivity index (χ2n) is 11.7. The summed E-state index contributed by atoms with van der Waals surface area (Å²) in [6.45, 7) is 2.77. The molecule has 0 aliphatic heterocycles. The van der Waals surface area contributed by atoms with Crippen molar-refractivity contribution < 1.29 is 23.5 Å². The molecule has 1 aliphatic rings. The number of rotatable bonds is 14. The molecule has 0 unspecified atom stereocenters. The van der Waals surface area contributed by atoms with E-state index in [0.29, 0.717) is 28.2 Å². The molecule has 4 aromatic rings. The molecule has 10 heteroatoms. The van der Waals surface area contributed by atoms with Crippen LogP contribution in [0.2, 0.25) is 0 Å². The number of benzene rings is 3. The van der Waals surface area contributed by atoms with E-state index >= 15 is 0 Å². The molecular formula is C35H38F2N4O3S. The molecule has 2 atom stereocenters. The summed E-state index contributed by atoms with van der Waals surface area (Å²) in [6, 6.07) is 17.2. The van der Waals surface area contributed by atoms with Gasteiger partial charge < -0.3 is 20.6 Å². The Kier molecular flexibility index (Phi) is 10.4. The van der Waals surface area contributed by atoms with Crippen LogP contribution in [0.5, 0.6) is 0 Å². The van der Waals surface area contributed by atoms with Crippen molar-refractivity contribution >= 4 is 23.2 Å². The number of nitrogens with zero attached hydrogens (tertiary/aromatic N) is 2. The lowest BCUT2D eigenvalue weighted by atomic mass is 9.98. The average molecular weight is 633 g/mol. The fraction of sp³-hybridized carbons (Fsp3) is 0.343. The molecule has 0 radical (unpaired) electrons. The second kappa shape index (κ2) is 14.4. The SMILES string of the molecule is CCCCN(C)C(=O)c1cc(C(=O)N[C@@H](Cc2cc(F)cc(F)c2)[C@H](O)CNC2(c3ccccc3)CC2)cc(-c2nccs2)c1. The smallest absolute Gasteiger partial charge is 0.253 e. The molecule has 1 fully saturated rings. The van der Waals surface area contributed by atoms with Gasteiger partial charge in [-0.25, -0.2) is 13.8 Å². The molecule has 0 bridgehead atoms. The maximum absolute atomic E-state index is 14.1. The first-order valence-electron chi connectivity index (χ1n) is 15.2. The highest BCUT2D eigenvalue weighted by Gasteiger charge is 2.44. The molecule has 1 saturated carbocycles. The van der Waals surface area contributed by atoms with Crippen LogP contribution in [0.3, 0.4) is 0 Å². The quantitative estimate of drug-likeness (QED) is 0.160. The lowest BCUT2D eigenvalue weighted by Crippen LogP contribution is -2.50. The van der Waals surface area contributed by atoms with Crippen molar-refractivity contribution in [2.45, 2.75) is 56.7 Å². The van der Waals surface area contributed by atoms with Crippen LogP contribution in [0.25, 0.3) is 10.6 Å². The Morgan fingerprint density at radius 2 is 1.76 bits per heavy atom. The van der Waals surface area contributed by atoms with Crippen molar-refractivity contribution in [3.8, 4) is 10.6 Å². The first-order chi connectivity index (χ1) is 21.7. The molecule has 0 spiro atoms. The number of halogens is 2. The Hall–Kier alpha value is -3.99. The third kappa shape index (κ3) is 8.19. The van der Waals surface area contributed by atoms with Crippen LogP contribution in [0.4, 0.5) is 8.78 Å². The Bertz CT molecular complexity index is 1590. The summed E-state index contributed by atoms with van der Waals surface area (Å²) >= 11 is 1.39. The molecule has 236 valence electrons. The third-order valence-electron chi connectivity index (χ3n) is 8.20. The molecule has 3 aromatic carbocycles. The van der Waals surface area contributed by atoms with Gasteiger partial charge in [-0.15, -0.1) is 11.3 Å². The monoisotopic (exact) mass is 632 g/mol. The normalized spacial score (nSPS) is 14.9. The zero-order valence-electron chi connectivity index (χ0n) is 25.4. The first kappa shape index (κ1) is 32.4. The van der Waals surface area contributed by atoms with E-state index in [-0.39, 0.29) is 30.0 Å². The van der Waals surface area contributed by atoms with Gasteiger partial charge in [-0.05, 0) is 67.1 Å². The Morgan fingerprint density at radius 1 is 1.04 bits per heavy atom. The van der Waals surface area contributed by atoms with Crippen LogP contribution in [0.15, 0.2) is 78.3 Å². The predicted octanol–water partition coefficient (Wildman–Crippen LogP) is 5.94. The molecule has 1 aromatic heterocycles. The lowest BCUT2D eigenvalue weighted by molar-refractivity contribution is 0.0793. The minimum atomic E-state index is -1.09. The van der Waals surface area contributed by atoms with E-state index in [4.69, 9.17) is 0 Å². The van der Waals surface area contributed by atoms with Crippen LogP contribution in [0.1, 0.15) is 64.4 Å². The van der Waals surface area contributed by atoms with Crippen LogP contribution in [-0.2, 0) is 12.0 Å². The van der Waals surface area contributed by atoms with E-state index in [1.807, 2.05) is 35.7 Å². The van der Waals surface area contributed by atoms with Crippen molar-refractivity contribution in [3.63, 3.8) is 0 Å². The van der Waals surface area contributed by atoms with Gasteiger partial charge in [0.2, 0.25) is 0 Å². The van der Waals surface area contributed by atoms with E-state index < -0.39 is 29.7 Å². The standard InChI is InChI=1S/C35H38F2N4O3S/c1-3-4-13-41(2)34(44)26-19-24(18-25(20-26)33-38-12-14-45-33)32(43)40-30(17-23-15-28(36)21-29(37)16-23)31(42)22-39-35(10-11-35)27-8-6-5-7-9-27/h5-9,12,14-16,18-21,30-31,39,42H,3-4,10-11,13,17,22H2,1-2H3,(H,40,43)/t30-,31+/m0/s1. The number of carbonyl (C=O) groups excluding carboxylic acids is 2. The molecule has 5 rings (SSSR count). The summed E-state index contributed by atoms with van der Waals surface area (Å²) in [5.74, 6) is -2.23. The summed E-state index contributed by atoms with van der Waals surface area (Å²) in [5.41, 5.74) is 2.33. The fourth-order valence-corrected chi connectivity index (χ4v) is 6.12. The topological polar surface area (TPSA) is 94.6 Å². The number of aromatic nitrogens is 1. The number of unbranched alkanes of at least 4 members (excludes halogenated alkanes) is 1. The Balaban J connectivity index is 1.41. The van der Waals surface area contributed by atoms with Gasteiger partial charge in [0.25, 0.3) is 11.8 Å². The number of thiazole rings is 1. The summed E-state index contributed by atoms with van der Waals surface area (Å²) in [7, 11) is 1.73. The van der Waals surface area contributed by atoms with Crippen molar-refractivity contribution in [1.29, 1.82) is 0 Å². The van der Waals surface area contributed by atoms with Crippen molar-refractivity contribution in [3.05, 3.63) is 112 Å². The second-order valence-corrected chi connectivity index (χ2v) is 12.6. The minimum absolute atomic E-state index is 0.0146. The van der Waals surface area contributed by atoms with Gasteiger partial charge in [-0.3, -0.25) is 9.59 Å². The highest BCUT2D eigenvalue weighted by Crippen LogP contribution is 2.45. The number of amides is 2. The highest BCUT2D eigenvalue weighted by atomic mass is 32.1. The molecule has 1 heterocycles. The Morgan fingerprint density at radius 3 is 2.40 bits per heavy atom. The van der Waals surface area contributed by atoms with E-state index in [0.717, 1.165) is 37.3 Å². The maximum atomic E-state index is 14.1. The molecule has 0 saturated heterocycles. The maximum Gasteiger partial charge on any atom is 0.253 e. The summed E-state index contributed by atoms with van der Waals surface area (Å²) in [4.78, 5) is 33.2. The number of hydrogen-bond acceptors (Lipinski definition) is 6. The number of aliphatic hydroxyl groups is 1. The fourth-order valence-electron chi connectivity index (χ4n) is 5.50. The summed E-state index contributed by atoms with van der Waals surface area (Å²) < 4.78 is 28.2. The van der Waals surface area contributed by atoms with E-state index in [1.54, 1.807) is 30.3 Å². The molecule has 7 nitrogen and oxygen atoms in total. The largest absolute Gasteiger partial charge is 0.390 e. The van der Waals surface area contributed by atoms with Crippen LogP contribution in [-0.4, -0.2) is 59.1 Å². The number of hydrogen-bond donors (Lipinski definition) is 3. The molecule has 45 heavy (non-hydrogen) atoms. The lowest BCUT2D eigenvalue weighted by Gasteiger charge is -2.27. The molecule has 3 N–H and O–H groups in total. The van der Waals surface area contributed by atoms with Crippen molar-refractivity contribution in [1.82, 2.24) is 20.5 Å². The first-order valence-corrected chi connectivity index (χ1v) is 16.1. The molecular weight excluding hydrogens is 594 g/mol.